The molecule has 0 radical (unpaired) electrons. The van der Waals surface area contributed by atoms with Crippen molar-refractivity contribution >= 4 is 30.8 Å². The molecule has 1 saturated heterocycles. The molecule has 1 aromatic heterocycles. The van der Waals surface area contributed by atoms with Crippen LogP contribution >= 0.6 is 24.8 Å². The molecule has 1 aliphatic rings. The quantitative estimate of drug-likeness (QED) is 0.926. The summed E-state index contributed by atoms with van der Waals surface area (Å²) in [6.45, 7) is 4.66. The molecule has 1 aliphatic heterocycles. The van der Waals surface area contributed by atoms with Crippen LogP contribution in [-0.4, -0.2) is 40.6 Å². The van der Waals surface area contributed by atoms with Gasteiger partial charge in [0, 0.05) is 18.9 Å². The summed E-state index contributed by atoms with van der Waals surface area (Å²) in [5.41, 5.74) is 0.370. The van der Waals surface area contributed by atoms with E-state index in [4.69, 9.17) is 0 Å². The van der Waals surface area contributed by atoms with E-state index in [1.807, 2.05) is 12.1 Å². The van der Waals surface area contributed by atoms with Crippen LogP contribution in [0.1, 0.15) is 25.3 Å². The molecular formula is C14H22Cl2N2O2. The van der Waals surface area contributed by atoms with E-state index in [9.17, 15) is 9.90 Å². The van der Waals surface area contributed by atoms with Crippen molar-refractivity contribution in [2.45, 2.75) is 26.2 Å². The Morgan fingerprint density at radius 3 is 2.80 bits per heavy atom. The second-order valence-corrected chi connectivity index (χ2v) is 5.10. The fourth-order valence-electron chi connectivity index (χ4n) is 2.79. The first-order chi connectivity index (χ1) is 8.66. The molecule has 4 nitrogen and oxygen atoms in total. The third kappa shape index (κ3) is 4.33. The maximum Gasteiger partial charge on any atom is 0.311 e. The number of pyridine rings is 1. The fraction of sp³-hybridized carbons (Fsp3) is 0.571. The number of hydrogen-bond donors (Lipinski definition) is 1. The summed E-state index contributed by atoms with van der Waals surface area (Å²) >= 11 is 0. The molecule has 0 bridgehead atoms. The normalized spacial score (nSPS) is 22.4. The topological polar surface area (TPSA) is 53.4 Å². The molecule has 6 heteroatoms. The Hall–Kier alpha value is -0.840. The van der Waals surface area contributed by atoms with E-state index in [-0.39, 0.29) is 24.8 Å². The highest BCUT2D eigenvalue weighted by Gasteiger charge is 2.42. The second-order valence-electron chi connectivity index (χ2n) is 5.10. The largest absolute Gasteiger partial charge is 0.481 e. The lowest BCUT2D eigenvalue weighted by Crippen LogP contribution is -2.49. The molecule has 1 fully saturated rings. The van der Waals surface area contributed by atoms with Gasteiger partial charge >= 0.3 is 5.97 Å². The average Bonchev–Trinajstić information content (AvgIpc) is 2.40. The SMILES string of the molecule is CCN1CCCC(Cc2cccnc2)(C(=O)O)C1.Cl.Cl. The lowest BCUT2D eigenvalue weighted by atomic mass is 9.75. The number of nitrogens with zero attached hydrogens (tertiary/aromatic N) is 2. The zero-order valence-electron chi connectivity index (χ0n) is 11.6. The Morgan fingerprint density at radius 2 is 2.25 bits per heavy atom. The van der Waals surface area contributed by atoms with Crippen molar-refractivity contribution in [3.8, 4) is 0 Å². The Bertz CT molecular complexity index is 417. The minimum atomic E-state index is -0.676. The first kappa shape index (κ1) is 19.2. The minimum absolute atomic E-state index is 0. The summed E-state index contributed by atoms with van der Waals surface area (Å²) in [4.78, 5) is 18.0. The second kappa shape index (κ2) is 8.45. The number of piperidine rings is 1. The molecule has 0 spiro atoms. The van der Waals surface area contributed by atoms with Gasteiger partial charge in [-0.15, -0.1) is 24.8 Å². The summed E-state index contributed by atoms with van der Waals surface area (Å²) in [6.07, 6.45) is 5.78. The standard InChI is InChI=1S/C14H20N2O2.2ClH/c1-2-16-8-4-6-14(11-16,13(17)18)9-12-5-3-7-15-10-12;;/h3,5,7,10H,2,4,6,8-9,11H2,1H3,(H,17,18);2*1H. The Balaban J connectivity index is 0.00000180. The summed E-state index contributed by atoms with van der Waals surface area (Å²) in [7, 11) is 0. The average molecular weight is 321 g/mol. The van der Waals surface area contributed by atoms with E-state index in [1.54, 1.807) is 12.4 Å². The number of carbonyl (C=O) groups is 1. The van der Waals surface area contributed by atoms with Crippen molar-refractivity contribution in [2.75, 3.05) is 19.6 Å². The Kier molecular flexibility index (Phi) is 8.09. The van der Waals surface area contributed by atoms with Crippen molar-refractivity contribution in [1.29, 1.82) is 0 Å². The fourth-order valence-corrected chi connectivity index (χ4v) is 2.79. The van der Waals surface area contributed by atoms with Crippen molar-refractivity contribution in [3.63, 3.8) is 0 Å². The van der Waals surface area contributed by atoms with Crippen LogP contribution in [0.2, 0.25) is 0 Å². The number of carboxylic acids is 1. The third-order valence-corrected chi connectivity index (χ3v) is 3.82. The highest BCUT2D eigenvalue weighted by molar-refractivity contribution is 5.85. The summed E-state index contributed by atoms with van der Waals surface area (Å²) in [5.74, 6) is -0.676. The van der Waals surface area contributed by atoms with Gasteiger partial charge in [-0.1, -0.05) is 13.0 Å². The molecule has 0 aromatic carbocycles. The number of carboxylic acid groups (broad SMARTS) is 1. The summed E-state index contributed by atoms with van der Waals surface area (Å²) in [6, 6.07) is 3.83. The van der Waals surface area contributed by atoms with Gasteiger partial charge in [-0.05, 0) is 44.0 Å². The maximum atomic E-state index is 11.7. The van der Waals surface area contributed by atoms with Crippen LogP contribution in [0.4, 0.5) is 0 Å². The van der Waals surface area contributed by atoms with Crippen molar-refractivity contribution < 1.29 is 9.90 Å². The Labute approximate surface area is 132 Å². The molecule has 1 N–H and O–H groups in total. The predicted octanol–water partition coefficient (Wildman–Crippen LogP) is 2.65. The van der Waals surface area contributed by atoms with Gasteiger partial charge < -0.3 is 10.0 Å². The Morgan fingerprint density at radius 1 is 1.50 bits per heavy atom. The van der Waals surface area contributed by atoms with Gasteiger partial charge in [-0.3, -0.25) is 9.78 Å². The summed E-state index contributed by atoms with van der Waals surface area (Å²) < 4.78 is 0. The predicted molar refractivity (Wildman–Crippen MR) is 83.9 cm³/mol. The van der Waals surface area contributed by atoms with E-state index >= 15 is 0 Å². The maximum absolute atomic E-state index is 11.7. The van der Waals surface area contributed by atoms with E-state index in [0.717, 1.165) is 31.5 Å². The van der Waals surface area contributed by atoms with Crippen LogP contribution in [0.5, 0.6) is 0 Å². The van der Waals surface area contributed by atoms with Gasteiger partial charge in [-0.2, -0.15) is 0 Å². The van der Waals surface area contributed by atoms with Crippen molar-refractivity contribution in [1.82, 2.24) is 9.88 Å². The van der Waals surface area contributed by atoms with Gasteiger partial charge in [0.15, 0.2) is 0 Å². The molecule has 1 unspecified atom stereocenters. The lowest BCUT2D eigenvalue weighted by Gasteiger charge is -2.39. The lowest BCUT2D eigenvalue weighted by molar-refractivity contribution is -0.152. The molecule has 2 rings (SSSR count). The van der Waals surface area contributed by atoms with Crippen LogP contribution < -0.4 is 0 Å². The molecule has 1 aromatic rings. The third-order valence-electron chi connectivity index (χ3n) is 3.82. The van der Waals surface area contributed by atoms with Crippen molar-refractivity contribution in [2.24, 2.45) is 5.41 Å². The number of hydrogen-bond acceptors (Lipinski definition) is 3. The molecule has 0 saturated carbocycles. The zero-order chi connectivity index (χ0) is 13.0. The number of likely N-dealkylation sites (tertiary alicyclic amines) is 1. The zero-order valence-corrected chi connectivity index (χ0v) is 13.3. The van der Waals surface area contributed by atoms with Gasteiger partial charge in [0.2, 0.25) is 0 Å². The molecule has 20 heavy (non-hydrogen) atoms. The molecular weight excluding hydrogens is 299 g/mol. The highest BCUT2D eigenvalue weighted by Crippen LogP contribution is 2.33. The van der Waals surface area contributed by atoms with E-state index in [0.29, 0.717) is 13.0 Å². The highest BCUT2D eigenvalue weighted by atomic mass is 35.5. The number of aliphatic carboxylic acids is 1. The number of aromatic nitrogens is 1. The van der Waals surface area contributed by atoms with Crippen LogP contribution in [0.25, 0.3) is 0 Å². The first-order valence-corrected chi connectivity index (χ1v) is 6.51. The number of halogens is 2. The van der Waals surface area contributed by atoms with Crippen LogP contribution in [-0.2, 0) is 11.2 Å². The molecule has 2 heterocycles. The molecule has 0 amide bonds. The minimum Gasteiger partial charge on any atom is -0.481 e. The first-order valence-electron chi connectivity index (χ1n) is 6.51. The summed E-state index contributed by atoms with van der Waals surface area (Å²) in [5, 5.41) is 9.62. The van der Waals surface area contributed by atoms with E-state index in [2.05, 4.69) is 16.8 Å². The van der Waals surface area contributed by atoms with Crippen LogP contribution in [0.15, 0.2) is 24.5 Å². The van der Waals surface area contributed by atoms with Crippen LogP contribution in [0, 0.1) is 5.41 Å². The number of rotatable bonds is 4. The molecule has 0 aliphatic carbocycles. The van der Waals surface area contributed by atoms with Crippen LogP contribution in [0.3, 0.4) is 0 Å². The van der Waals surface area contributed by atoms with Gasteiger partial charge in [-0.25, -0.2) is 0 Å². The van der Waals surface area contributed by atoms with Gasteiger partial charge in [0.05, 0.1) is 5.41 Å². The van der Waals surface area contributed by atoms with Gasteiger partial charge in [0.1, 0.15) is 0 Å². The molecule has 114 valence electrons. The van der Waals surface area contributed by atoms with Crippen molar-refractivity contribution in [3.05, 3.63) is 30.1 Å². The van der Waals surface area contributed by atoms with E-state index < -0.39 is 11.4 Å². The monoisotopic (exact) mass is 320 g/mol. The van der Waals surface area contributed by atoms with E-state index in [1.165, 1.54) is 0 Å². The van der Waals surface area contributed by atoms with Gasteiger partial charge in [0.25, 0.3) is 0 Å². The molecule has 1 atom stereocenters. The smallest absolute Gasteiger partial charge is 0.311 e.